The summed E-state index contributed by atoms with van der Waals surface area (Å²) in [6, 6.07) is 6.22. The lowest BCUT2D eigenvalue weighted by molar-refractivity contribution is 0.0244. The van der Waals surface area contributed by atoms with Crippen molar-refractivity contribution in [2.75, 3.05) is 40.2 Å². The minimum atomic E-state index is -0.452. The molecule has 0 aromatic heterocycles. The van der Waals surface area contributed by atoms with Crippen molar-refractivity contribution >= 4 is 11.8 Å². The van der Waals surface area contributed by atoms with Gasteiger partial charge < -0.3 is 14.6 Å². The molecule has 0 spiro atoms. The third-order valence-corrected chi connectivity index (χ3v) is 3.71. The molecule has 1 atom stereocenters. The van der Waals surface area contributed by atoms with Gasteiger partial charge in [0.1, 0.15) is 5.75 Å². The van der Waals surface area contributed by atoms with Crippen molar-refractivity contribution in [2.24, 2.45) is 0 Å². The van der Waals surface area contributed by atoms with Crippen LogP contribution >= 0.6 is 11.8 Å². The van der Waals surface area contributed by atoms with Crippen molar-refractivity contribution < 1.29 is 14.6 Å². The summed E-state index contributed by atoms with van der Waals surface area (Å²) in [5, 5.41) is 9.82. The van der Waals surface area contributed by atoms with Crippen LogP contribution in [0.1, 0.15) is 12.5 Å². The van der Waals surface area contributed by atoms with Crippen LogP contribution in [0.4, 0.5) is 0 Å². The maximum Gasteiger partial charge on any atom is 0.132 e. The van der Waals surface area contributed by atoms with Crippen molar-refractivity contribution in [1.82, 2.24) is 4.90 Å². The Morgan fingerprint density at radius 3 is 2.75 bits per heavy atom. The monoisotopic (exact) mass is 299 g/mol. The summed E-state index contributed by atoms with van der Waals surface area (Å²) in [5.41, 5.74) is 1.17. The summed E-state index contributed by atoms with van der Waals surface area (Å²) in [5.74, 6) is 0.901. The zero-order valence-electron chi connectivity index (χ0n) is 12.8. The van der Waals surface area contributed by atoms with Crippen LogP contribution < -0.4 is 4.74 Å². The quantitative estimate of drug-likeness (QED) is 0.708. The van der Waals surface area contributed by atoms with Gasteiger partial charge in [-0.1, -0.05) is 6.07 Å². The van der Waals surface area contributed by atoms with Crippen LogP contribution in [0.3, 0.4) is 0 Å². The molecular formula is C15H25NO3S. The Morgan fingerprint density at radius 2 is 2.15 bits per heavy atom. The van der Waals surface area contributed by atoms with Crippen molar-refractivity contribution in [3.63, 3.8) is 0 Å². The topological polar surface area (TPSA) is 41.9 Å². The Bertz CT molecular complexity index is 401. The number of hydrogen-bond acceptors (Lipinski definition) is 5. The van der Waals surface area contributed by atoms with Crippen molar-refractivity contribution in [3.05, 3.63) is 23.8 Å². The van der Waals surface area contributed by atoms with Crippen LogP contribution in [0, 0.1) is 0 Å². The number of hydrogen-bond donors (Lipinski definition) is 1. The minimum Gasteiger partial charge on any atom is -0.496 e. The SMILES string of the molecule is CCOCC(O)CN(C)Cc1ccc(SC)c(OC)c1. The molecular weight excluding hydrogens is 274 g/mol. The molecule has 114 valence electrons. The smallest absolute Gasteiger partial charge is 0.132 e. The van der Waals surface area contributed by atoms with Gasteiger partial charge in [0.2, 0.25) is 0 Å². The molecule has 0 saturated carbocycles. The first-order valence-corrected chi connectivity index (χ1v) is 7.98. The molecule has 0 aliphatic rings. The second kappa shape index (κ2) is 9.23. The average Bonchev–Trinajstić information content (AvgIpc) is 2.44. The van der Waals surface area contributed by atoms with E-state index in [2.05, 4.69) is 23.1 Å². The highest BCUT2D eigenvalue weighted by atomic mass is 32.2. The number of aliphatic hydroxyl groups is 1. The van der Waals surface area contributed by atoms with Gasteiger partial charge in [-0.15, -0.1) is 11.8 Å². The van der Waals surface area contributed by atoms with Gasteiger partial charge in [0.15, 0.2) is 0 Å². The van der Waals surface area contributed by atoms with Crippen LogP contribution in [0.15, 0.2) is 23.1 Å². The molecule has 1 rings (SSSR count). The molecule has 0 aliphatic heterocycles. The first-order valence-electron chi connectivity index (χ1n) is 6.76. The third-order valence-electron chi connectivity index (χ3n) is 2.94. The molecule has 0 bridgehead atoms. The standard InChI is InChI=1S/C15H25NO3S/c1-5-19-11-13(17)10-16(2)9-12-6-7-15(20-4)14(8-12)18-3/h6-8,13,17H,5,9-11H2,1-4H3. The number of nitrogens with zero attached hydrogens (tertiary/aromatic N) is 1. The van der Waals surface area contributed by atoms with Gasteiger partial charge in [-0.05, 0) is 37.9 Å². The second-order valence-electron chi connectivity index (χ2n) is 4.70. The summed E-state index contributed by atoms with van der Waals surface area (Å²) in [6.07, 6.45) is 1.58. The van der Waals surface area contributed by atoms with E-state index >= 15 is 0 Å². The molecule has 5 heteroatoms. The molecule has 1 unspecified atom stereocenters. The Hall–Kier alpha value is -0.750. The zero-order chi connectivity index (χ0) is 15.0. The molecule has 0 heterocycles. The van der Waals surface area contributed by atoms with E-state index in [-0.39, 0.29) is 0 Å². The normalized spacial score (nSPS) is 12.7. The Balaban J connectivity index is 2.55. The van der Waals surface area contributed by atoms with E-state index in [9.17, 15) is 5.11 Å². The molecule has 1 aromatic carbocycles. The van der Waals surface area contributed by atoms with Crippen molar-refractivity contribution in [3.8, 4) is 5.75 Å². The summed E-state index contributed by atoms with van der Waals surface area (Å²) in [7, 11) is 3.68. The first-order chi connectivity index (χ1) is 9.60. The lowest BCUT2D eigenvalue weighted by Crippen LogP contribution is -2.31. The highest BCUT2D eigenvalue weighted by Crippen LogP contribution is 2.28. The molecule has 4 nitrogen and oxygen atoms in total. The van der Waals surface area contributed by atoms with Gasteiger partial charge in [0.25, 0.3) is 0 Å². The molecule has 0 aliphatic carbocycles. The molecule has 1 N–H and O–H groups in total. The second-order valence-corrected chi connectivity index (χ2v) is 5.55. The number of benzene rings is 1. The van der Waals surface area contributed by atoms with Gasteiger partial charge in [0, 0.05) is 24.6 Å². The maximum absolute atomic E-state index is 9.82. The maximum atomic E-state index is 9.82. The van der Waals surface area contributed by atoms with Crippen LogP contribution in [-0.4, -0.2) is 56.3 Å². The van der Waals surface area contributed by atoms with E-state index in [0.717, 1.165) is 17.2 Å². The van der Waals surface area contributed by atoms with E-state index in [1.54, 1.807) is 18.9 Å². The van der Waals surface area contributed by atoms with Gasteiger partial charge in [0.05, 0.1) is 19.8 Å². The largest absolute Gasteiger partial charge is 0.496 e. The fraction of sp³-hybridized carbons (Fsp3) is 0.600. The highest BCUT2D eigenvalue weighted by molar-refractivity contribution is 7.98. The first kappa shape index (κ1) is 17.3. The van der Waals surface area contributed by atoms with E-state index < -0.39 is 6.10 Å². The molecule has 0 fully saturated rings. The van der Waals surface area contributed by atoms with E-state index in [1.165, 1.54) is 5.56 Å². The Labute approximate surface area is 126 Å². The number of likely N-dealkylation sites (N-methyl/N-ethyl adjacent to an activating group) is 1. The van der Waals surface area contributed by atoms with Gasteiger partial charge >= 0.3 is 0 Å². The van der Waals surface area contributed by atoms with E-state index in [4.69, 9.17) is 9.47 Å². The Kier molecular flexibility index (Phi) is 7.99. The summed E-state index contributed by atoms with van der Waals surface area (Å²) < 4.78 is 10.6. The molecule has 0 amide bonds. The lowest BCUT2D eigenvalue weighted by Gasteiger charge is -2.21. The molecule has 1 aromatic rings. The number of aliphatic hydroxyl groups excluding tert-OH is 1. The van der Waals surface area contributed by atoms with Crippen molar-refractivity contribution in [1.29, 1.82) is 0 Å². The van der Waals surface area contributed by atoms with Crippen LogP contribution in [0.25, 0.3) is 0 Å². The molecule has 20 heavy (non-hydrogen) atoms. The van der Waals surface area contributed by atoms with Crippen LogP contribution in [0.5, 0.6) is 5.75 Å². The third kappa shape index (κ3) is 5.71. The van der Waals surface area contributed by atoms with E-state index in [1.807, 2.05) is 20.2 Å². The lowest BCUT2D eigenvalue weighted by atomic mass is 10.2. The summed E-state index contributed by atoms with van der Waals surface area (Å²) in [4.78, 5) is 3.22. The van der Waals surface area contributed by atoms with Crippen LogP contribution in [-0.2, 0) is 11.3 Å². The minimum absolute atomic E-state index is 0.384. The summed E-state index contributed by atoms with van der Waals surface area (Å²) >= 11 is 1.67. The fourth-order valence-electron chi connectivity index (χ4n) is 2.02. The summed E-state index contributed by atoms with van der Waals surface area (Å²) in [6.45, 7) is 4.31. The zero-order valence-corrected chi connectivity index (χ0v) is 13.6. The fourth-order valence-corrected chi connectivity index (χ4v) is 2.57. The number of rotatable bonds is 9. The number of methoxy groups -OCH3 is 1. The number of ether oxygens (including phenoxy) is 2. The predicted octanol–water partition coefficient (Wildman–Crippen LogP) is 2.25. The van der Waals surface area contributed by atoms with E-state index in [0.29, 0.717) is 19.8 Å². The van der Waals surface area contributed by atoms with Crippen LogP contribution in [0.2, 0.25) is 0 Å². The Morgan fingerprint density at radius 1 is 1.40 bits per heavy atom. The molecule has 0 saturated heterocycles. The number of thioether (sulfide) groups is 1. The van der Waals surface area contributed by atoms with Gasteiger partial charge in [-0.25, -0.2) is 0 Å². The van der Waals surface area contributed by atoms with Gasteiger partial charge in [-0.2, -0.15) is 0 Å². The van der Waals surface area contributed by atoms with Gasteiger partial charge in [-0.3, -0.25) is 4.90 Å². The predicted molar refractivity (Wildman–Crippen MR) is 83.6 cm³/mol. The average molecular weight is 299 g/mol. The molecule has 0 radical (unpaired) electrons. The van der Waals surface area contributed by atoms with Crippen molar-refractivity contribution in [2.45, 2.75) is 24.5 Å². The highest BCUT2D eigenvalue weighted by Gasteiger charge is 2.10.